The molecule has 1 amide bonds. The van der Waals surface area contributed by atoms with E-state index in [1.165, 1.54) is 0 Å². The van der Waals surface area contributed by atoms with E-state index >= 15 is 0 Å². The van der Waals surface area contributed by atoms with Crippen LogP contribution in [0, 0.1) is 0 Å². The molecule has 0 spiro atoms. The number of amides is 1. The summed E-state index contributed by atoms with van der Waals surface area (Å²) in [6.07, 6.45) is 0.773. The third-order valence-corrected chi connectivity index (χ3v) is 4.49. The highest BCUT2D eigenvalue weighted by molar-refractivity contribution is 6.42. The predicted molar refractivity (Wildman–Crippen MR) is 85.8 cm³/mol. The van der Waals surface area contributed by atoms with E-state index in [4.69, 9.17) is 28.9 Å². The first-order chi connectivity index (χ1) is 10.1. The molecule has 3 nitrogen and oxygen atoms in total. The fourth-order valence-corrected chi connectivity index (χ4v) is 2.92. The van der Waals surface area contributed by atoms with Gasteiger partial charge in [0.25, 0.3) is 5.91 Å². The van der Waals surface area contributed by atoms with Gasteiger partial charge in [-0.25, -0.2) is 0 Å². The van der Waals surface area contributed by atoms with Crippen LogP contribution in [-0.4, -0.2) is 17.4 Å². The Balaban J connectivity index is 1.85. The smallest absolute Gasteiger partial charge is 0.254 e. The van der Waals surface area contributed by atoms with E-state index in [1.807, 2.05) is 18.2 Å². The van der Waals surface area contributed by atoms with E-state index in [0.717, 1.165) is 23.2 Å². The van der Waals surface area contributed by atoms with Crippen LogP contribution in [0.15, 0.2) is 36.4 Å². The highest BCUT2D eigenvalue weighted by Crippen LogP contribution is 2.27. The molecule has 0 fully saturated rings. The number of nitrogens with two attached hydrogens (primary N) is 1. The summed E-state index contributed by atoms with van der Waals surface area (Å²) in [5, 5.41) is 0.842. The lowest BCUT2D eigenvalue weighted by atomic mass is 9.97. The molecule has 2 aromatic carbocycles. The van der Waals surface area contributed by atoms with Crippen molar-refractivity contribution in [2.75, 3.05) is 12.3 Å². The number of carbonyl (C=O) groups is 1. The number of carbonyl (C=O) groups excluding carboxylic acids is 1. The third kappa shape index (κ3) is 2.71. The number of hydrogen-bond acceptors (Lipinski definition) is 2. The van der Waals surface area contributed by atoms with E-state index in [1.54, 1.807) is 23.1 Å². The van der Waals surface area contributed by atoms with Crippen LogP contribution in [0.4, 0.5) is 5.69 Å². The van der Waals surface area contributed by atoms with Crippen molar-refractivity contribution in [2.45, 2.75) is 13.0 Å². The van der Waals surface area contributed by atoms with Crippen molar-refractivity contribution in [1.29, 1.82) is 0 Å². The van der Waals surface area contributed by atoms with Crippen LogP contribution in [0.2, 0.25) is 10.0 Å². The molecular formula is C16H14Cl2N2O. The van der Waals surface area contributed by atoms with Crippen molar-refractivity contribution in [2.24, 2.45) is 0 Å². The number of nitrogen functional groups attached to an aromatic ring is 1. The molecule has 2 N–H and O–H groups in total. The number of benzene rings is 2. The molecule has 1 aliphatic rings. The Labute approximate surface area is 133 Å². The van der Waals surface area contributed by atoms with Crippen LogP contribution >= 0.6 is 23.2 Å². The molecule has 3 rings (SSSR count). The maximum atomic E-state index is 12.6. The highest BCUT2D eigenvalue weighted by Gasteiger charge is 2.23. The first-order valence-corrected chi connectivity index (χ1v) is 7.42. The zero-order valence-corrected chi connectivity index (χ0v) is 12.8. The lowest BCUT2D eigenvalue weighted by molar-refractivity contribution is 0.0735. The van der Waals surface area contributed by atoms with Crippen molar-refractivity contribution in [3.63, 3.8) is 0 Å². The zero-order valence-electron chi connectivity index (χ0n) is 11.3. The van der Waals surface area contributed by atoms with Gasteiger partial charge in [0.15, 0.2) is 0 Å². The molecular weight excluding hydrogens is 307 g/mol. The van der Waals surface area contributed by atoms with Crippen LogP contribution in [-0.2, 0) is 13.0 Å². The number of halogens is 2. The van der Waals surface area contributed by atoms with Crippen molar-refractivity contribution in [3.05, 3.63) is 63.1 Å². The fraction of sp³-hybridized carbons (Fsp3) is 0.188. The Hall–Kier alpha value is -1.71. The first kappa shape index (κ1) is 14.2. The number of anilines is 1. The normalized spacial score (nSPS) is 13.9. The maximum Gasteiger partial charge on any atom is 0.254 e. The second kappa shape index (κ2) is 5.58. The van der Waals surface area contributed by atoms with Gasteiger partial charge in [-0.05, 0) is 41.8 Å². The summed E-state index contributed by atoms with van der Waals surface area (Å²) < 4.78 is 0. The van der Waals surface area contributed by atoms with Gasteiger partial charge in [0.05, 0.1) is 10.0 Å². The quantitative estimate of drug-likeness (QED) is 0.813. The van der Waals surface area contributed by atoms with Gasteiger partial charge in [-0.15, -0.1) is 0 Å². The maximum absolute atomic E-state index is 12.6. The summed E-state index contributed by atoms with van der Waals surface area (Å²) >= 11 is 11.9. The minimum Gasteiger partial charge on any atom is -0.398 e. The topological polar surface area (TPSA) is 46.3 Å². The fourth-order valence-electron chi connectivity index (χ4n) is 2.62. The summed E-state index contributed by atoms with van der Waals surface area (Å²) in [4.78, 5) is 14.4. The lowest BCUT2D eigenvalue weighted by Crippen LogP contribution is -2.36. The molecule has 0 saturated heterocycles. The summed E-state index contributed by atoms with van der Waals surface area (Å²) in [5.41, 5.74) is 9.58. The van der Waals surface area contributed by atoms with Gasteiger partial charge >= 0.3 is 0 Å². The third-order valence-electron chi connectivity index (χ3n) is 3.76. The second-order valence-electron chi connectivity index (χ2n) is 5.09. The molecule has 0 unspecified atom stereocenters. The van der Waals surface area contributed by atoms with Crippen molar-refractivity contribution < 1.29 is 4.79 Å². The lowest BCUT2D eigenvalue weighted by Gasteiger charge is -2.29. The van der Waals surface area contributed by atoms with Gasteiger partial charge in [0.1, 0.15) is 0 Å². The van der Waals surface area contributed by atoms with E-state index in [-0.39, 0.29) is 5.91 Å². The molecule has 1 heterocycles. The van der Waals surface area contributed by atoms with E-state index in [9.17, 15) is 4.79 Å². The number of fused-ring (bicyclic) bond motifs is 1. The first-order valence-electron chi connectivity index (χ1n) is 6.67. The van der Waals surface area contributed by atoms with Gasteiger partial charge in [0, 0.05) is 24.3 Å². The molecule has 21 heavy (non-hydrogen) atoms. The van der Waals surface area contributed by atoms with Crippen molar-refractivity contribution in [1.82, 2.24) is 4.90 Å². The standard InChI is InChI=1S/C16H14Cl2N2O/c17-13-5-4-10(8-14(13)18)16(21)20-7-6-12-11(9-20)2-1-3-15(12)19/h1-5,8H,6-7,9,19H2. The van der Waals surface area contributed by atoms with Crippen LogP contribution in [0.3, 0.4) is 0 Å². The summed E-state index contributed by atoms with van der Waals surface area (Å²) in [6, 6.07) is 10.8. The largest absolute Gasteiger partial charge is 0.398 e. The molecule has 108 valence electrons. The average molecular weight is 321 g/mol. The van der Waals surface area contributed by atoms with Crippen molar-refractivity contribution in [3.8, 4) is 0 Å². The van der Waals surface area contributed by atoms with E-state index in [2.05, 4.69) is 0 Å². The molecule has 0 radical (unpaired) electrons. The van der Waals surface area contributed by atoms with E-state index < -0.39 is 0 Å². The minimum absolute atomic E-state index is 0.0401. The second-order valence-corrected chi connectivity index (χ2v) is 5.90. The Bertz CT molecular complexity index is 715. The van der Waals surface area contributed by atoms with Crippen LogP contribution in [0.1, 0.15) is 21.5 Å². The monoisotopic (exact) mass is 320 g/mol. The predicted octanol–water partition coefficient (Wildman–Crippen LogP) is 3.77. The van der Waals surface area contributed by atoms with Crippen LogP contribution in [0.5, 0.6) is 0 Å². The summed E-state index contributed by atoms with van der Waals surface area (Å²) in [6.45, 7) is 1.22. The minimum atomic E-state index is -0.0401. The Morgan fingerprint density at radius 3 is 2.71 bits per heavy atom. The van der Waals surface area contributed by atoms with E-state index in [0.29, 0.717) is 28.7 Å². The zero-order chi connectivity index (χ0) is 15.0. The Kier molecular flexibility index (Phi) is 3.79. The Morgan fingerprint density at radius 2 is 1.95 bits per heavy atom. The Morgan fingerprint density at radius 1 is 1.14 bits per heavy atom. The SMILES string of the molecule is Nc1cccc2c1CCN(C(=O)c1ccc(Cl)c(Cl)c1)C2. The molecule has 2 aromatic rings. The molecule has 0 saturated carbocycles. The van der Waals surface area contributed by atoms with Crippen LogP contribution < -0.4 is 5.73 Å². The molecule has 1 aliphatic heterocycles. The molecule has 0 aromatic heterocycles. The number of rotatable bonds is 1. The van der Waals surface area contributed by atoms with Crippen molar-refractivity contribution >= 4 is 34.8 Å². The molecule has 0 bridgehead atoms. The van der Waals surface area contributed by atoms with Gasteiger partial charge in [-0.3, -0.25) is 4.79 Å². The van der Waals surface area contributed by atoms with Gasteiger partial charge < -0.3 is 10.6 Å². The van der Waals surface area contributed by atoms with Crippen LogP contribution in [0.25, 0.3) is 0 Å². The molecule has 5 heteroatoms. The molecule has 0 aliphatic carbocycles. The number of hydrogen-bond donors (Lipinski definition) is 1. The highest BCUT2D eigenvalue weighted by atomic mass is 35.5. The van der Waals surface area contributed by atoms with Gasteiger partial charge in [-0.1, -0.05) is 35.3 Å². The summed E-state index contributed by atoms with van der Waals surface area (Å²) in [5.74, 6) is -0.0401. The average Bonchev–Trinajstić information content (AvgIpc) is 2.49. The van der Waals surface area contributed by atoms with Gasteiger partial charge in [0.2, 0.25) is 0 Å². The summed E-state index contributed by atoms with van der Waals surface area (Å²) in [7, 11) is 0. The number of nitrogens with zero attached hydrogens (tertiary/aromatic N) is 1. The van der Waals surface area contributed by atoms with Gasteiger partial charge in [-0.2, -0.15) is 0 Å². The molecule has 0 atom stereocenters.